The standard InChI is InChI=1S/C31H35NO6/c33-29(34)13-7-20-32-22-28(31(35)36)38-30-25(9-6-12-27(30)32)19-18-24-16-14-23(15-17-24)8-4-5-21-37-26-10-2-1-3-11-26/h1-3,6,9-12,14-17,28H,4-5,7-8,13,18-22H2,(H,33,34)(H,35,36). The topological polar surface area (TPSA) is 96.3 Å². The van der Waals surface area contributed by atoms with Gasteiger partial charge in [0.15, 0.2) is 0 Å². The Morgan fingerprint density at radius 1 is 0.842 bits per heavy atom. The van der Waals surface area contributed by atoms with Crippen LogP contribution in [0.4, 0.5) is 5.69 Å². The maximum atomic E-state index is 11.7. The predicted octanol–water partition coefficient (Wildman–Crippen LogP) is 5.39. The number of carboxylic acids is 2. The number of hydrogen-bond donors (Lipinski definition) is 2. The van der Waals surface area contributed by atoms with E-state index in [4.69, 9.17) is 14.6 Å². The summed E-state index contributed by atoms with van der Waals surface area (Å²) in [5.41, 5.74) is 4.30. The highest BCUT2D eigenvalue weighted by molar-refractivity contribution is 5.77. The van der Waals surface area contributed by atoms with E-state index in [1.54, 1.807) is 0 Å². The van der Waals surface area contributed by atoms with Gasteiger partial charge in [0.05, 0.1) is 18.8 Å². The molecule has 1 atom stereocenters. The van der Waals surface area contributed by atoms with Gasteiger partial charge in [-0.2, -0.15) is 0 Å². The van der Waals surface area contributed by atoms with E-state index in [2.05, 4.69) is 24.3 Å². The zero-order valence-corrected chi connectivity index (χ0v) is 21.6. The molecule has 7 nitrogen and oxygen atoms in total. The minimum absolute atomic E-state index is 0.0432. The van der Waals surface area contributed by atoms with Crippen LogP contribution in [0.25, 0.3) is 0 Å². The molecule has 0 saturated carbocycles. The monoisotopic (exact) mass is 517 g/mol. The molecule has 38 heavy (non-hydrogen) atoms. The third-order valence-electron chi connectivity index (χ3n) is 6.73. The maximum absolute atomic E-state index is 11.7. The number of nitrogens with zero attached hydrogens (tertiary/aromatic N) is 1. The van der Waals surface area contributed by atoms with Crippen molar-refractivity contribution >= 4 is 17.6 Å². The van der Waals surface area contributed by atoms with Gasteiger partial charge in [-0.05, 0) is 73.4 Å². The van der Waals surface area contributed by atoms with Crippen LogP contribution in [0, 0.1) is 0 Å². The SMILES string of the molecule is O=C(O)CCCN1CC(C(=O)O)Oc2c(CCc3ccc(CCCCOc4ccccc4)cc3)cccc21. The van der Waals surface area contributed by atoms with Crippen molar-refractivity contribution < 1.29 is 29.3 Å². The van der Waals surface area contributed by atoms with Gasteiger partial charge < -0.3 is 24.6 Å². The summed E-state index contributed by atoms with van der Waals surface area (Å²) in [5.74, 6) is -0.372. The molecule has 1 unspecified atom stereocenters. The van der Waals surface area contributed by atoms with E-state index in [-0.39, 0.29) is 13.0 Å². The number of carbonyl (C=O) groups is 2. The number of anilines is 1. The molecule has 0 aromatic heterocycles. The second-order valence-corrected chi connectivity index (χ2v) is 9.59. The van der Waals surface area contributed by atoms with Crippen molar-refractivity contribution in [2.75, 3.05) is 24.6 Å². The fourth-order valence-corrected chi connectivity index (χ4v) is 4.68. The quantitative estimate of drug-likeness (QED) is 0.277. The third-order valence-corrected chi connectivity index (χ3v) is 6.73. The first-order chi connectivity index (χ1) is 18.5. The Morgan fingerprint density at radius 3 is 2.29 bits per heavy atom. The Labute approximate surface area is 223 Å². The Balaban J connectivity index is 1.30. The van der Waals surface area contributed by atoms with Crippen molar-refractivity contribution in [2.24, 2.45) is 0 Å². The molecule has 0 saturated heterocycles. The summed E-state index contributed by atoms with van der Waals surface area (Å²) in [4.78, 5) is 24.6. The molecule has 1 aliphatic rings. The van der Waals surface area contributed by atoms with Gasteiger partial charge in [0.2, 0.25) is 6.10 Å². The number of aliphatic carboxylic acids is 2. The van der Waals surface area contributed by atoms with E-state index >= 15 is 0 Å². The van der Waals surface area contributed by atoms with Gasteiger partial charge in [0.1, 0.15) is 11.5 Å². The summed E-state index contributed by atoms with van der Waals surface area (Å²) in [6.07, 6.45) is 4.10. The van der Waals surface area contributed by atoms with Gasteiger partial charge >= 0.3 is 11.9 Å². The smallest absolute Gasteiger partial charge is 0.346 e. The highest BCUT2D eigenvalue weighted by Crippen LogP contribution is 2.37. The molecule has 3 aromatic rings. The molecule has 0 amide bonds. The van der Waals surface area contributed by atoms with Gasteiger partial charge in [0, 0.05) is 13.0 Å². The van der Waals surface area contributed by atoms with E-state index in [9.17, 15) is 14.7 Å². The molecule has 7 heteroatoms. The summed E-state index contributed by atoms with van der Waals surface area (Å²) < 4.78 is 11.7. The summed E-state index contributed by atoms with van der Waals surface area (Å²) in [5, 5.41) is 18.6. The highest BCUT2D eigenvalue weighted by Gasteiger charge is 2.31. The van der Waals surface area contributed by atoms with Crippen LogP contribution >= 0.6 is 0 Å². The molecule has 4 rings (SSSR count). The number of carboxylic acid groups (broad SMARTS) is 2. The lowest BCUT2D eigenvalue weighted by Crippen LogP contribution is -2.45. The normalized spacial score (nSPS) is 14.4. The number of rotatable bonds is 14. The Morgan fingerprint density at radius 2 is 1.58 bits per heavy atom. The summed E-state index contributed by atoms with van der Waals surface area (Å²) in [6.45, 7) is 1.38. The van der Waals surface area contributed by atoms with Crippen molar-refractivity contribution in [2.45, 2.75) is 51.0 Å². The van der Waals surface area contributed by atoms with Crippen LogP contribution < -0.4 is 14.4 Å². The largest absolute Gasteiger partial charge is 0.494 e. The molecule has 200 valence electrons. The molecule has 1 aliphatic heterocycles. The Kier molecular flexibility index (Phi) is 9.62. The van der Waals surface area contributed by atoms with Gasteiger partial charge in [0.25, 0.3) is 0 Å². The number of fused-ring (bicyclic) bond motifs is 1. The molecular weight excluding hydrogens is 482 g/mol. The number of hydrogen-bond acceptors (Lipinski definition) is 5. The van der Waals surface area contributed by atoms with Crippen molar-refractivity contribution in [1.82, 2.24) is 0 Å². The first-order valence-corrected chi connectivity index (χ1v) is 13.2. The van der Waals surface area contributed by atoms with Gasteiger partial charge in [-0.3, -0.25) is 4.79 Å². The minimum atomic E-state index is -1.02. The van der Waals surface area contributed by atoms with Crippen LogP contribution in [0.15, 0.2) is 72.8 Å². The van der Waals surface area contributed by atoms with Crippen LogP contribution in [-0.4, -0.2) is 48.0 Å². The lowest BCUT2D eigenvalue weighted by molar-refractivity contribution is -0.145. The fraction of sp³-hybridized carbons (Fsp3) is 0.355. The number of para-hydroxylation sites is 2. The number of benzene rings is 3. The molecule has 2 N–H and O–H groups in total. The molecule has 0 aliphatic carbocycles. The molecule has 1 heterocycles. The number of unbranched alkanes of at least 4 members (excludes halogenated alkanes) is 1. The highest BCUT2D eigenvalue weighted by atomic mass is 16.5. The lowest BCUT2D eigenvalue weighted by atomic mass is 9.99. The van der Waals surface area contributed by atoms with E-state index in [1.165, 1.54) is 11.1 Å². The van der Waals surface area contributed by atoms with E-state index < -0.39 is 18.0 Å². The molecular formula is C31H35NO6. The van der Waals surface area contributed by atoms with Gasteiger partial charge in [-0.1, -0.05) is 54.6 Å². The van der Waals surface area contributed by atoms with Crippen molar-refractivity contribution in [3.63, 3.8) is 0 Å². The molecule has 0 bridgehead atoms. The summed E-state index contributed by atoms with van der Waals surface area (Å²) in [7, 11) is 0. The second kappa shape index (κ2) is 13.5. The van der Waals surface area contributed by atoms with Crippen molar-refractivity contribution in [1.29, 1.82) is 0 Å². The van der Waals surface area contributed by atoms with Crippen LogP contribution in [0.3, 0.4) is 0 Å². The van der Waals surface area contributed by atoms with E-state index in [0.717, 1.165) is 42.7 Å². The predicted molar refractivity (Wildman–Crippen MR) is 146 cm³/mol. The molecule has 0 fully saturated rings. The average molecular weight is 518 g/mol. The molecule has 0 spiro atoms. The van der Waals surface area contributed by atoms with E-state index in [0.29, 0.717) is 31.7 Å². The van der Waals surface area contributed by atoms with Crippen LogP contribution in [0.1, 0.15) is 42.4 Å². The van der Waals surface area contributed by atoms with Crippen LogP contribution in [-0.2, 0) is 28.9 Å². The van der Waals surface area contributed by atoms with Crippen LogP contribution in [0.2, 0.25) is 0 Å². The maximum Gasteiger partial charge on any atom is 0.346 e. The summed E-state index contributed by atoms with van der Waals surface area (Å²) >= 11 is 0. The molecule has 3 aromatic carbocycles. The zero-order chi connectivity index (χ0) is 26.7. The van der Waals surface area contributed by atoms with Crippen LogP contribution in [0.5, 0.6) is 11.5 Å². The number of ether oxygens (including phenoxy) is 2. The summed E-state index contributed by atoms with van der Waals surface area (Å²) in [6, 6.07) is 24.4. The van der Waals surface area contributed by atoms with Crippen molar-refractivity contribution in [3.05, 3.63) is 89.5 Å². The Hall–Kier alpha value is -4.00. The first-order valence-electron chi connectivity index (χ1n) is 13.2. The minimum Gasteiger partial charge on any atom is -0.494 e. The van der Waals surface area contributed by atoms with Gasteiger partial charge in [-0.15, -0.1) is 0 Å². The fourth-order valence-electron chi connectivity index (χ4n) is 4.68. The first kappa shape index (κ1) is 27.0. The third kappa shape index (κ3) is 7.75. The van der Waals surface area contributed by atoms with Crippen molar-refractivity contribution in [3.8, 4) is 11.5 Å². The molecule has 0 radical (unpaired) electrons. The number of aryl methyl sites for hydroxylation is 3. The lowest BCUT2D eigenvalue weighted by Gasteiger charge is -2.35. The van der Waals surface area contributed by atoms with E-state index in [1.807, 2.05) is 53.4 Å². The average Bonchev–Trinajstić information content (AvgIpc) is 2.92. The zero-order valence-electron chi connectivity index (χ0n) is 21.6. The Bertz CT molecular complexity index is 1190. The second-order valence-electron chi connectivity index (χ2n) is 9.59. The van der Waals surface area contributed by atoms with Gasteiger partial charge in [-0.25, -0.2) is 4.79 Å².